The zero-order chi connectivity index (χ0) is 13.4. The van der Waals surface area contributed by atoms with E-state index < -0.39 is 0 Å². The molecule has 100 valence electrons. The number of amides is 1. The molecule has 1 amide bonds. The fraction of sp³-hybridized carbons (Fsp3) is 0.500. The summed E-state index contributed by atoms with van der Waals surface area (Å²) >= 11 is 5.47. The maximum Gasteiger partial charge on any atom is 0.251 e. The van der Waals surface area contributed by atoms with Gasteiger partial charge in [-0.3, -0.25) is 4.79 Å². The second-order valence-electron chi connectivity index (χ2n) is 4.33. The smallest absolute Gasteiger partial charge is 0.251 e. The first-order valence-corrected chi connectivity index (χ1v) is 6.70. The molecule has 0 bridgehead atoms. The summed E-state index contributed by atoms with van der Waals surface area (Å²) < 4.78 is 5.17. The molecule has 0 radical (unpaired) electrons. The zero-order valence-corrected chi connectivity index (χ0v) is 11.7. The van der Waals surface area contributed by atoms with E-state index in [1.54, 1.807) is 0 Å². The molecule has 0 aliphatic carbocycles. The lowest BCUT2D eigenvalue weighted by Crippen LogP contribution is -2.27. The second kappa shape index (κ2) is 8.11. The molecule has 0 aromatic heterocycles. The molecule has 0 atom stereocenters. The van der Waals surface area contributed by atoms with Crippen molar-refractivity contribution >= 4 is 17.5 Å². The number of halogens is 1. The van der Waals surface area contributed by atoms with Gasteiger partial charge in [-0.25, -0.2) is 0 Å². The van der Waals surface area contributed by atoms with Gasteiger partial charge in [-0.05, 0) is 23.6 Å². The minimum Gasteiger partial charge on any atom is -0.378 e. The van der Waals surface area contributed by atoms with E-state index in [-0.39, 0.29) is 5.91 Å². The van der Waals surface area contributed by atoms with Gasteiger partial charge in [-0.15, -0.1) is 11.6 Å². The third-order valence-electron chi connectivity index (χ3n) is 2.59. The van der Waals surface area contributed by atoms with Crippen molar-refractivity contribution in [2.75, 3.05) is 25.6 Å². The molecule has 3 nitrogen and oxygen atoms in total. The van der Waals surface area contributed by atoms with Gasteiger partial charge in [0.25, 0.3) is 5.91 Å². The van der Waals surface area contributed by atoms with Gasteiger partial charge in [-0.1, -0.05) is 26.0 Å². The summed E-state index contributed by atoms with van der Waals surface area (Å²) in [7, 11) is 0. The Morgan fingerprint density at radius 2 is 1.94 bits per heavy atom. The predicted molar refractivity (Wildman–Crippen MR) is 74.4 cm³/mol. The molecule has 1 aromatic carbocycles. The molecule has 1 rings (SSSR count). The normalized spacial score (nSPS) is 10.7. The van der Waals surface area contributed by atoms with Crippen LogP contribution in [-0.4, -0.2) is 31.5 Å². The predicted octanol–water partition coefficient (Wildman–Crippen LogP) is 2.80. The summed E-state index contributed by atoms with van der Waals surface area (Å²) in [5, 5.41) is 2.80. The Balaban J connectivity index is 2.37. The van der Waals surface area contributed by atoms with Gasteiger partial charge in [0.15, 0.2) is 0 Å². The van der Waals surface area contributed by atoms with Crippen LogP contribution >= 0.6 is 11.6 Å². The molecule has 18 heavy (non-hydrogen) atoms. The SMILES string of the molecule is CC(C)c1ccc(C(=O)NCCOCCCl)cc1. The van der Waals surface area contributed by atoms with Crippen LogP contribution in [0.3, 0.4) is 0 Å². The number of rotatable bonds is 7. The number of benzene rings is 1. The van der Waals surface area contributed by atoms with E-state index >= 15 is 0 Å². The van der Waals surface area contributed by atoms with Gasteiger partial charge in [0, 0.05) is 18.0 Å². The summed E-state index contributed by atoms with van der Waals surface area (Å²) in [4.78, 5) is 11.8. The fourth-order valence-electron chi connectivity index (χ4n) is 1.51. The summed E-state index contributed by atoms with van der Waals surface area (Å²) in [6.07, 6.45) is 0. The molecule has 0 aliphatic rings. The van der Waals surface area contributed by atoms with Crippen LogP contribution in [0.4, 0.5) is 0 Å². The number of carbonyl (C=O) groups is 1. The number of hydrogen-bond donors (Lipinski definition) is 1. The highest BCUT2D eigenvalue weighted by Crippen LogP contribution is 2.14. The van der Waals surface area contributed by atoms with Crippen molar-refractivity contribution in [1.82, 2.24) is 5.32 Å². The van der Waals surface area contributed by atoms with E-state index in [0.29, 0.717) is 37.1 Å². The number of nitrogens with one attached hydrogen (secondary N) is 1. The van der Waals surface area contributed by atoms with E-state index in [1.165, 1.54) is 5.56 Å². The molecule has 0 fully saturated rings. The molecule has 0 heterocycles. The van der Waals surface area contributed by atoms with Crippen molar-refractivity contribution in [3.63, 3.8) is 0 Å². The number of ether oxygens (including phenoxy) is 1. The van der Waals surface area contributed by atoms with Crippen LogP contribution in [0.15, 0.2) is 24.3 Å². The molecule has 0 aliphatic heterocycles. The standard InChI is InChI=1S/C14H20ClNO2/c1-11(2)12-3-5-13(6-4-12)14(17)16-8-10-18-9-7-15/h3-6,11H,7-10H2,1-2H3,(H,16,17). The third kappa shape index (κ3) is 5.07. The van der Waals surface area contributed by atoms with Gasteiger partial charge in [0.05, 0.1) is 13.2 Å². The highest BCUT2D eigenvalue weighted by Gasteiger charge is 2.05. The van der Waals surface area contributed by atoms with E-state index in [2.05, 4.69) is 19.2 Å². The molecule has 1 aromatic rings. The van der Waals surface area contributed by atoms with Gasteiger partial charge >= 0.3 is 0 Å². The molecule has 0 saturated carbocycles. The average molecular weight is 270 g/mol. The van der Waals surface area contributed by atoms with Crippen molar-refractivity contribution in [2.24, 2.45) is 0 Å². The maximum absolute atomic E-state index is 11.8. The summed E-state index contributed by atoms with van der Waals surface area (Å²) in [5.41, 5.74) is 1.91. The van der Waals surface area contributed by atoms with Crippen LogP contribution in [0.25, 0.3) is 0 Å². The lowest BCUT2D eigenvalue weighted by molar-refractivity contribution is 0.0923. The van der Waals surface area contributed by atoms with E-state index in [0.717, 1.165) is 0 Å². The molecule has 0 unspecified atom stereocenters. The lowest BCUT2D eigenvalue weighted by atomic mass is 10.0. The first kappa shape index (κ1) is 15.0. The second-order valence-corrected chi connectivity index (χ2v) is 4.71. The van der Waals surface area contributed by atoms with Crippen molar-refractivity contribution < 1.29 is 9.53 Å². The largest absolute Gasteiger partial charge is 0.378 e. The van der Waals surface area contributed by atoms with E-state index in [4.69, 9.17) is 16.3 Å². The molecular formula is C14H20ClNO2. The monoisotopic (exact) mass is 269 g/mol. The highest BCUT2D eigenvalue weighted by atomic mass is 35.5. The van der Waals surface area contributed by atoms with Crippen molar-refractivity contribution in [1.29, 1.82) is 0 Å². The Morgan fingerprint density at radius 3 is 2.50 bits per heavy atom. The number of alkyl halides is 1. The molecule has 0 spiro atoms. The first-order valence-electron chi connectivity index (χ1n) is 6.17. The van der Waals surface area contributed by atoms with Crippen LogP contribution in [0, 0.1) is 0 Å². The Labute approximate surface area is 113 Å². The lowest BCUT2D eigenvalue weighted by Gasteiger charge is -2.08. The van der Waals surface area contributed by atoms with Gasteiger partial charge in [0.2, 0.25) is 0 Å². The van der Waals surface area contributed by atoms with E-state index in [9.17, 15) is 4.79 Å². The Morgan fingerprint density at radius 1 is 1.28 bits per heavy atom. The quantitative estimate of drug-likeness (QED) is 0.611. The van der Waals surface area contributed by atoms with Crippen molar-refractivity contribution in [3.05, 3.63) is 35.4 Å². The summed E-state index contributed by atoms with van der Waals surface area (Å²) in [6, 6.07) is 7.68. The topological polar surface area (TPSA) is 38.3 Å². The molecular weight excluding hydrogens is 250 g/mol. The zero-order valence-electron chi connectivity index (χ0n) is 10.9. The van der Waals surface area contributed by atoms with Crippen molar-refractivity contribution in [2.45, 2.75) is 19.8 Å². The maximum atomic E-state index is 11.8. The fourth-order valence-corrected chi connectivity index (χ4v) is 1.62. The molecule has 1 N–H and O–H groups in total. The number of carbonyl (C=O) groups excluding carboxylic acids is 1. The molecule has 0 saturated heterocycles. The minimum atomic E-state index is -0.0696. The van der Waals surface area contributed by atoms with Crippen LogP contribution < -0.4 is 5.32 Å². The Bertz CT molecular complexity index is 363. The average Bonchev–Trinajstić information content (AvgIpc) is 2.38. The van der Waals surface area contributed by atoms with Crippen LogP contribution in [0.5, 0.6) is 0 Å². The van der Waals surface area contributed by atoms with Crippen molar-refractivity contribution in [3.8, 4) is 0 Å². The highest BCUT2D eigenvalue weighted by molar-refractivity contribution is 6.17. The Hall–Kier alpha value is -1.06. The van der Waals surface area contributed by atoms with Crippen LogP contribution in [0.2, 0.25) is 0 Å². The Kier molecular flexibility index (Phi) is 6.76. The van der Waals surface area contributed by atoms with Gasteiger partial charge in [0.1, 0.15) is 0 Å². The third-order valence-corrected chi connectivity index (χ3v) is 2.75. The van der Waals surface area contributed by atoms with E-state index in [1.807, 2.05) is 24.3 Å². The van der Waals surface area contributed by atoms with Crippen LogP contribution in [0.1, 0.15) is 35.7 Å². The summed E-state index contributed by atoms with van der Waals surface area (Å²) in [5.74, 6) is 0.885. The first-order chi connectivity index (χ1) is 8.65. The van der Waals surface area contributed by atoms with Crippen LogP contribution in [-0.2, 0) is 4.74 Å². The minimum absolute atomic E-state index is 0.0696. The summed E-state index contributed by atoms with van der Waals surface area (Å²) in [6.45, 7) is 5.76. The molecule has 4 heteroatoms. The number of hydrogen-bond acceptors (Lipinski definition) is 2. The van der Waals surface area contributed by atoms with Gasteiger partial charge in [-0.2, -0.15) is 0 Å². The van der Waals surface area contributed by atoms with Gasteiger partial charge < -0.3 is 10.1 Å².